The summed E-state index contributed by atoms with van der Waals surface area (Å²) >= 11 is 6.00. The molecule has 160 valence electrons. The molecule has 1 aliphatic heterocycles. The number of halogens is 1. The third kappa shape index (κ3) is 4.80. The molecule has 1 aliphatic rings. The molecule has 3 rings (SSSR count). The lowest BCUT2D eigenvalue weighted by atomic mass is 9.97. The molecule has 0 atom stereocenters. The Morgan fingerprint density at radius 3 is 2.40 bits per heavy atom. The lowest BCUT2D eigenvalue weighted by Gasteiger charge is -2.30. The highest BCUT2D eigenvalue weighted by Gasteiger charge is 2.34. The first-order valence-electron chi connectivity index (χ1n) is 9.56. The number of rotatable bonds is 6. The molecule has 30 heavy (non-hydrogen) atoms. The van der Waals surface area contributed by atoms with Crippen LogP contribution in [0.15, 0.2) is 47.4 Å². The zero-order chi connectivity index (χ0) is 21.9. The van der Waals surface area contributed by atoms with Crippen LogP contribution < -0.4 is 5.32 Å². The highest BCUT2D eigenvalue weighted by Crippen LogP contribution is 2.31. The van der Waals surface area contributed by atoms with Crippen LogP contribution in [-0.2, 0) is 21.2 Å². The Balaban J connectivity index is 1.66. The molecule has 0 aromatic heterocycles. The maximum atomic E-state index is 12.9. The SMILES string of the molecule is CCc1ccc(NC(=O)C2CCN(S(=O)(=O)c3cc([N+](=O)[O-])ccc3Cl)CC2)cc1. The number of amides is 1. The first-order valence-corrected chi connectivity index (χ1v) is 11.4. The molecular formula is C20H22ClN3O5S. The number of hydrogen-bond acceptors (Lipinski definition) is 5. The summed E-state index contributed by atoms with van der Waals surface area (Å²) in [4.78, 5) is 22.6. The van der Waals surface area contributed by atoms with Crippen LogP contribution >= 0.6 is 11.6 Å². The Morgan fingerprint density at radius 2 is 1.83 bits per heavy atom. The smallest absolute Gasteiger partial charge is 0.270 e. The average molecular weight is 452 g/mol. The number of carbonyl (C=O) groups is 1. The molecule has 0 saturated carbocycles. The lowest BCUT2D eigenvalue weighted by Crippen LogP contribution is -2.41. The van der Waals surface area contributed by atoms with E-state index in [1.165, 1.54) is 15.9 Å². The second-order valence-electron chi connectivity index (χ2n) is 7.09. The van der Waals surface area contributed by atoms with Crippen LogP contribution in [0.1, 0.15) is 25.3 Å². The van der Waals surface area contributed by atoms with Crippen LogP contribution in [-0.4, -0.2) is 36.6 Å². The van der Waals surface area contributed by atoms with Gasteiger partial charge in [-0.05, 0) is 43.0 Å². The molecule has 1 heterocycles. The summed E-state index contributed by atoms with van der Waals surface area (Å²) < 4.78 is 27.1. The Labute approximate surface area is 180 Å². The monoisotopic (exact) mass is 451 g/mol. The molecule has 0 spiro atoms. The average Bonchev–Trinajstić information content (AvgIpc) is 2.74. The predicted molar refractivity (Wildman–Crippen MR) is 114 cm³/mol. The van der Waals surface area contributed by atoms with Gasteiger partial charge < -0.3 is 5.32 Å². The fraction of sp³-hybridized carbons (Fsp3) is 0.350. The van der Waals surface area contributed by atoms with Gasteiger partial charge in [-0.3, -0.25) is 14.9 Å². The zero-order valence-electron chi connectivity index (χ0n) is 16.4. The van der Waals surface area contributed by atoms with E-state index >= 15 is 0 Å². The van der Waals surface area contributed by atoms with E-state index in [0.29, 0.717) is 18.5 Å². The number of aryl methyl sites for hydroxylation is 1. The van der Waals surface area contributed by atoms with Gasteiger partial charge in [0.05, 0.1) is 9.95 Å². The Hall–Kier alpha value is -2.49. The van der Waals surface area contributed by atoms with Crippen molar-refractivity contribution in [3.05, 3.63) is 63.2 Å². The maximum Gasteiger partial charge on any atom is 0.270 e. The highest BCUT2D eigenvalue weighted by molar-refractivity contribution is 7.89. The second kappa shape index (κ2) is 9.11. The molecule has 2 aromatic carbocycles. The zero-order valence-corrected chi connectivity index (χ0v) is 17.9. The number of hydrogen-bond donors (Lipinski definition) is 1. The van der Waals surface area contributed by atoms with E-state index in [9.17, 15) is 23.3 Å². The van der Waals surface area contributed by atoms with Gasteiger partial charge >= 0.3 is 0 Å². The van der Waals surface area contributed by atoms with E-state index in [2.05, 4.69) is 12.2 Å². The standard InChI is InChI=1S/C20H22ClN3O5S/c1-2-14-3-5-16(6-4-14)22-20(25)15-9-11-23(12-10-15)30(28,29)19-13-17(24(26)27)7-8-18(19)21/h3-8,13,15H,2,9-12H2,1H3,(H,22,25). The van der Waals surface area contributed by atoms with Crippen molar-refractivity contribution >= 4 is 38.9 Å². The Bertz CT molecular complexity index is 1050. The molecule has 0 radical (unpaired) electrons. The van der Waals surface area contributed by atoms with Gasteiger partial charge in [-0.25, -0.2) is 8.42 Å². The summed E-state index contributed by atoms with van der Waals surface area (Å²) in [5.74, 6) is -0.465. The number of benzene rings is 2. The number of anilines is 1. The molecule has 1 N–H and O–H groups in total. The van der Waals surface area contributed by atoms with Crippen LogP contribution in [0.4, 0.5) is 11.4 Å². The van der Waals surface area contributed by atoms with Crippen molar-refractivity contribution in [3.63, 3.8) is 0 Å². The Kier molecular flexibility index (Phi) is 6.74. The van der Waals surface area contributed by atoms with E-state index in [4.69, 9.17) is 11.6 Å². The molecule has 0 unspecified atom stereocenters. The number of piperidine rings is 1. The fourth-order valence-corrected chi connectivity index (χ4v) is 5.33. The van der Waals surface area contributed by atoms with Crippen molar-refractivity contribution in [2.24, 2.45) is 5.92 Å². The van der Waals surface area contributed by atoms with Crippen LogP contribution in [0.25, 0.3) is 0 Å². The minimum atomic E-state index is -4.00. The number of nitro benzene ring substituents is 1. The summed E-state index contributed by atoms with van der Waals surface area (Å²) in [7, 11) is -4.00. The number of nitrogens with one attached hydrogen (secondary N) is 1. The van der Waals surface area contributed by atoms with Gasteiger partial charge in [-0.2, -0.15) is 4.31 Å². The summed E-state index contributed by atoms with van der Waals surface area (Å²) in [5.41, 5.74) is 1.53. The van der Waals surface area contributed by atoms with Crippen LogP contribution in [0.3, 0.4) is 0 Å². The molecule has 1 fully saturated rings. The normalized spacial score (nSPS) is 15.7. The molecule has 0 aliphatic carbocycles. The summed E-state index contributed by atoms with van der Waals surface area (Å²) in [6.07, 6.45) is 1.62. The van der Waals surface area contributed by atoms with Crippen molar-refractivity contribution in [3.8, 4) is 0 Å². The van der Waals surface area contributed by atoms with E-state index in [0.717, 1.165) is 18.6 Å². The number of nitro groups is 1. The van der Waals surface area contributed by atoms with Crippen molar-refractivity contribution in [2.75, 3.05) is 18.4 Å². The molecule has 2 aromatic rings. The van der Waals surface area contributed by atoms with Crippen LogP contribution in [0.5, 0.6) is 0 Å². The van der Waals surface area contributed by atoms with Crippen molar-refractivity contribution in [1.82, 2.24) is 4.31 Å². The summed E-state index contributed by atoms with van der Waals surface area (Å²) in [6.45, 7) is 2.32. The number of nitrogens with zero attached hydrogens (tertiary/aromatic N) is 2. The second-order valence-corrected chi connectivity index (χ2v) is 9.40. The van der Waals surface area contributed by atoms with Gasteiger partial charge in [-0.15, -0.1) is 0 Å². The van der Waals surface area contributed by atoms with E-state index in [1.54, 1.807) is 0 Å². The first-order chi connectivity index (χ1) is 14.2. The van der Waals surface area contributed by atoms with E-state index in [1.807, 2.05) is 24.3 Å². The van der Waals surface area contributed by atoms with E-state index in [-0.39, 0.29) is 40.5 Å². The van der Waals surface area contributed by atoms with Crippen molar-refractivity contribution < 1.29 is 18.1 Å². The third-order valence-corrected chi connectivity index (χ3v) is 7.58. The fourth-order valence-electron chi connectivity index (χ4n) is 3.37. The topological polar surface area (TPSA) is 110 Å². The molecule has 0 bridgehead atoms. The molecular weight excluding hydrogens is 430 g/mol. The first kappa shape index (κ1) is 22.2. The van der Waals surface area contributed by atoms with Gasteiger partial charge in [0.2, 0.25) is 15.9 Å². The summed E-state index contributed by atoms with van der Waals surface area (Å²) in [5, 5.41) is 13.8. The van der Waals surface area contributed by atoms with Crippen molar-refractivity contribution in [2.45, 2.75) is 31.1 Å². The minimum absolute atomic E-state index is 0.0732. The molecule has 1 saturated heterocycles. The Morgan fingerprint density at radius 1 is 1.20 bits per heavy atom. The number of non-ortho nitro benzene ring substituents is 1. The van der Waals surface area contributed by atoms with Crippen molar-refractivity contribution in [1.29, 1.82) is 0 Å². The van der Waals surface area contributed by atoms with Gasteiger partial charge in [0, 0.05) is 36.8 Å². The third-order valence-electron chi connectivity index (χ3n) is 5.20. The van der Waals surface area contributed by atoms with Gasteiger partial charge in [-0.1, -0.05) is 30.7 Å². The van der Waals surface area contributed by atoms with Gasteiger partial charge in [0.15, 0.2) is 0 Å². The van der Waals surface area contributed by atoms with Crippen LogP contribution in [0, 0.1) is 16.0 Å². The maximum absolute atomic E-state index is 12.9. The lowest BCUT2D eigenvalue weighted by molar-refractivity contribution is -0.385. The van der Waals surface area contributed by atoms with Gasteiger partial charge in [0.1, 0.15) is 4.90 Å². The largest absolute Gasteiger partial charge is 0.326 e. The van der Waals surface area contributed by atoms with Crippen LogP contribution in [0.2, 0.25) is 5.02 Å². The quantitative estimate of drug-likeness (QED) is 0.529. The number of carbonyl (C=O) groups excluding carboxylic acids is 1. The predicted octanol–water partition coefficient (Wildman–Crippen LogP) is 3.85. The minimum Gasteiger partial charge on any atom is -0.326 e. The highest BCUT2D eigenvalue weighted by atomic mass is 35.5. The number of sulfonamides is 1. The molecule has 1 amide bonds. The van der Waals surface area contributed by atoms with E-state index < -0.39 is 14.9 Å². The molecule has 10 heteroatoms. The molecule has 8 nitrogen and oxygen atoms in total. The van der Waals surface area contributed by atoms with Gasteiger partial charge in [0.25, 0.3) is 5.69 Å². The summed E-state index contributed by atoms with van der Waals surface area (Å²) in [6, 6.07) is 10.9.